The first-order valence-electron chi connectivity index (χ1n) is 6.92. The minimum Gasteiger partial charge on any atom is -0.494 e. The zero-order valence-corrected chi connectivity index (χ0v) is 12.2. The van der Waals surface area contributed by atoms with Crippen LogP contribution in [0.4, 0.5) is 4.39 Å². The maximum absolute atomic E-state index is 14.1. The van der Waals surface area contributed by atoms with E-state index in [0.29, 0.717) is 10.8 Å². The highest BCUT2D eigenvalue weighted by molar-refractivity contribution is 7.99. The maximum Gasteiger partial charge on any atom is 0.169 e. The van der Waals surface area contributed by atoms with Gasteiger partial charge in [-0.05, 0) is 18.9 Å². The summed E-state index contributed by atoms with van der Waals surface area (Å²) >= 11 is 1.89. The molecule has 106 valence electrons. The van der Waals surface area contributed by atoms with Crippen LogP contribution in [-0.2, 0) is 0 Å². The third kappa shape index (κ3) is 3.86. The molecule has 0 aliphatic heterocycles. The van der Waals surface area contributed by atoms with Crippen molar-refractivity contribution in [2.24, 2.45) is 5.73 Å². The van der Waals surface area contributed by atoms with Gasteiger partial charge in [0.1, 0.15) is 0 Å². The van der Waals surface area contributed by atoms with E-state index in [1.54, 1.807) is 18.2 Å². The van der Waals surface area contributed by atoms with Gasteiger partial charge in [0.05, 0.1) is 7.11 Å². The van der Waals surface area contributed by atoms with Gasteiger partial charge in [0, 0.05) is 22.6 Å². The zero-order valence-electron chi connectivity index (χ0n) is 11.4. The van der Waals surface area contributed by atoms with Crippen molar-refractivity contribution in [3.05, 3.63) is 29.6 Å². The van der Waals surface area contributed by atoms with Gasteiger partial charge in [-0.1, -0.05) is 31.4 Å². The van der Waals surface area contributed by atoms with Crippen LogP contribution >= 0.6 is 11.8 Å². The predicted molar refractivity (Wildman–Crippen MR) is 79.2 cm³/mol. The Hall–Kier alpha value is -0.740. The normalized spacial score (nSPS) is 18.3. The van der Waals surface area contributed by atoms with Crippen molar-refractivity contribution in [3.63, 3.8) is 0 Å². The molecule has 2 nitrogen and oxygen atoms in total. The average molecular weight is 283 g/mol. The third-order valence-corrected chi connectivity index (χ3v) is 5.17. The summed E-state index contributed by atoms with van der Waals surface area (Å²) in [6.45, 7) is 0. The molecule has 0 saturated heterocycles. The van der Waals surface area contributed by atoms with Gasteiger partial charge in [-0.25, -0.2) is 4.39 Å². The Morgan fingerprint density at radius 3 is 2.79 bits per heavy atom. The lowest BCUT2D eigenvalue weighted by atomic mass is 10.0. The Labute approximate surface area is 118 Å². The second kappa shape index (κ2) is 7.15. The number of methoxy groups -OCH3 is 1. The lowest BCUT2D eigenvalue weighted by Gasteiger charge is -2.23. The number of rotatable bonds is 5. The van der Waals surface area contributed by atoms with Gasteiger partial charge in [0.2, 0.25) is 0 Å². The summed E-state index contributed by atoms with van der Waals surface area (Å²) in [6.07, 6.45) is 6.55. The molecule has 1 aromatic carbocycles. The Morgan fingerprint density at radius 1 is 1.37 bits per heavy atom. The minimum absolute atomic E-state index is 0.262. The smallest absolute Gasteiger partial charge is 0.169 e. The number of nitrogens with two attached hydrogens (primary N) is 1. The van der Waals surface area contributed by atoms with Crippen molar-refractivity contribution >= 4 is 11.8 Å². The van der Waals surface area contributed by atoms with Gasteiger partial charge in [-0.2, -0.15) is 11.8 Å². The monoisotopic (exact) mass is 283 g/mol. The van der Waals surface area contributed by atoms with Crippen LogP contribution in [0.25, 0.3) is 0 Å². The van der Waals surface area contributed by atoms with Crippen LogP contribution in [0.2, 0.25) is 0 Å². The third-order valence-electron chi connectivity index (χ3n) is 3.68. The van der Waals surface area contributed by atoms with Crippen LogP contribution in [-0.4, -0.2) is 18.1 Å². The van der Waals surface area contributed by atoms with Crippen molar-refractivity contribution in [3.8, 4) is 5.75 Å². The fourth-order valence-electron chi connectivity index (χ4n) is 2.53. The molecule has 2 N–H and O–H groups in total. The molecular weight excluding hydrogens is 261 g/mol. The summed E-state index contributed by atoms with van der Waals surface area (Å²) in [5.41, 5.74) is 6.68. The number of thioether (sulfide) groups is 1. The van der Waals surface area contributed by atoms with E-state index in [0.717, 1.165) is 5.75 Å². The molecular formula is C15H22FNOS. The summed E-state index contributed by atoms with van der Waals surface area (Å²) in [4.78, 5) is 0. The van der Waals surface area contributed by atoms with Crippen molar-refractivity contribution in [2.75, 3.05) is 12.9 Å². The van der Waals surface area contributed by atoms with Gasteiger partial charge >= 0.3 is 0 Å². The molecule has 2 rings (SSSR count). The highest BCUT2D eigenvalue weighted by atomic mass is 32.2. The maximum atomic E-state index is 14.1. The summed E-state index contributed by atoms with van der Waals surface area (Å²) in [5, 5.41) is 0.702. The zero-order chi connectivity index (χ0) is 13.7. The predicted octanol–water partition coefficient (Wildman–Crippen LogP) is 3.90. The molecule has 1 aromatic rings. The summed E-state index contributed by atoms with van der Waals surface area (Å²) in [6, 6.07) is 4.91. The van der Waals surface area contributed by atoms with Crippen molar-refractivity contribution in [2.45, 2.75) is 43.4 Å². The second-order valence-corrected chi connectivity index (χ2v) is 6.40. The number of ether oxygens (including phenoxy) is 1. The molecule has 1 saturated carbocycles. The van der Waals surface area contributed by atoms with E-state index in [1.165, 1.54) is 39.2 Å². The first-order valence-corrected chi connectivity index (χ1v) is 7.97. The van der Waals surface area contributed by atoms with E-state index >= 15 is 0 Å². The fourth-order valence-corrected chi connectivity index (χ4v) is 3.86. The molecule has 0 bridgehead atoms. The Bertz CT molecular complexity index is 407. The number of hydrogen-bond donors (Lipinski definition) is 1. The Morgan fingerprint density at radius 2 is 2.11 bits per heavy atom. The van der Waals surface area contributed by atoms with E-state index in [-0.39, 0.29) is 17.6 Å². The van der Waals surface area contributed by atoms with Crippen LogP contribution in [0.15, 0.2) is 18.2 Å². The average Bonchev–Trinajstić information content (AvgIpc) is 2.46. The molecule has 4 heteroatoms. The van der Waals surface area contributed by atoms with Gasteiger partial charge in [0.15, 0.2) is 11.6 Å². The standard InChI is InChI=1S/C15H22FNOS/c1-18-14-9-5-8-12(15(14)16)13(17)10-19-11-6-3-2-4-7-11/h5,8-9,11,13H,2-4,6-7,10,17H2,1H3. The van der Waals surface area contributed by atoms with E-state index in [9.17, 15) is 4.39 Å². The number of halogens is 1. The molecule has 1 unspecified atom stereocenters. The first kappa shape index (κ1) is 14.7. The molecule has 1 atom stereocenters. The summed E-state index contributed by atoms with van der Waals surface area (Å²) in [5.74, 6) is 0.728. The van der Waals surface area contributed by atoms with Crippen LogP contribution in [0.5, 0.6) is 5.75 Å². The molecule has 0 radical (unpaired) electrons. The van der Waals surface area contributed by atoms with Crippen molar-refractivity contribution < 1.29 is 9.13 Å². The molecule has 0 spiro atoms. The van der Waals surface area contributed by atoms with E-state index in [1.807, 2.05) is 11.8 Å². The largest absolute Gasteiger partial charge is 0.494 e. The highest BCUT2D eigenvalue weighted by Crippen LogP contribution is 2.32. The fraction of sp³-hybridized carbons (Fsp3) is 0.600. The number of hydrogen-bond acceptors (Lipinski definition) is 3. The Balaban J connectivity index is 1.93. The molecule has 1 aliphatic carbocycles. The van der Waals surface area contributed by atoms with Crippen LogP contribution < -0.4 is 10.5 Å². The lowest BCUT2D eigenvalue weighted by molar-refractivity contribution is 0.383. The lowest BCUT2D eigenvalue weighted by Crippen LogP contribution is -2.18. The van der Waals surface area contributed by atoms with Gasteiger partial charge < -0.3 is 10.5 Å². The van der Waals surface area contributed by atoms with Crippen LogP contribution in [0, 0.1) is 5.82 Å². The van der Waals surface area contributed by atoms with Gasteiger partial charge in [0.25, 0.3) is 0 Å². The topological polar surface area (TPSA) is 35.2 Å². The molecule has 19 heavy (non-hydrogen) atoms. The highest BCUT2D eigenvalue weighted by Gasteiger charge is 2.18. The molecule has 0 amide bonds. The Kier molecular flexibility index (Phi) is 5.52. The van der Waals surface area contributed by atoms with Crippen LogP contribution in [0.3, 0.4) is 0 Å². The van der Waals surface area contributed by atoms with Gasteiger partial charge in [-0.15, -0.1) is 0 Å². The SMILES string of the molecule is COc1cccc(C(N)CSC2CCCCC2)c1F. The van der Waals surface area contributed by atoms with Crippen LogP contribution in [0.1, 0.15) is 43.7 Å². The molecule has 0 heterocycles. The molecule has 1 fully saturated rings. The van der Waals surface area contributed by atoms with E-state index in [2.05, 4.69) is 0 Å². The van der Waals surface area contributed by atoms with Crippen molar-refractivity contribution in [1.82, 2.24) is 0 Å². The quantitative estimate of drug-likeness (QED) is 0.890. The molecule has 1 aliphatic rings. The van der Waals surface area contributed by atoms with E-state index in [4.69, 9.17) is 10.5 Å². The van der Waals surface area contributed by atoms with Gasteiger partial charge in [-0.3, -0.25) is 0 Å². The summed E-state index contributed by atoms with van der Waals surface area (Å²) in [7, 11) is 1.48. The van der Waals surface area contributed by atoms with Crippen molar-refractivity contribution in [1.29, 1.82) is 0 Å². The summed E-state index contributed by atoms with van der Waals surface area (Å²) < 4.78 is 19.1. The first-order chi connectivity index (χ1) is 9.22. The minimum atomic E-state index is -0.318. The molecule has 0 aromatic heterocycles. The number of benzene rings is 1. The van der Waals surface area contributed by atoms with E-state index < -0.39 is 0 Å². The second-order valence-electron chi connectivity index (χ2n) is 5.06.